The van der Waals surface area contributed by atoms with E-state index in [1.54, 1.807) is 6.20 Å². The molecule has 62 valence electrons. The van der Waals surface area contributed by atoms with Crippen LogP contribution in [0.4, 0.5) is 0 Å². The second-order valence-corrected chi connectivity index (χ2v) is 3.42. The Bertz CT molecular complexity index is 221. The molecule has 4 heteroatoms. The molecular weight excluding hydrogens is 206 g/mol. The van der Waals surface area contributed by atoms with Crippen molar-refractivity contribution in [2.24, 2.45) is 5.73 Å². The molecule has 0 aliphatic rings. The average molecular weight is 218 g/mol. The fourth-order valence-corrected chi connectivity index (χ4v) is 1.20. The van der Waals surface area contributed by atoms with E-state index in [0.29, 0.717) is 0 Å². The minimum Gasteiger partial charge on any atom is -0.327 e. The molecule has 0 aromatic carbocycles. The standard InChI is InChI=1S/C7H12BrN3/c1-2-5(9)3-7-6(8)4-10-11-7/h4-5H,2-3,9H2,1H3,(H,10,11). The van der Waals surface area contributed by atoms with Gasteiger partial charge in [0.1, 0.15) is 0 Å². The Hall–Kier alpha value is -0.350. The fraction of sp³-hybridized carbons (Fsp3) is 0.571. The maximum atomic E-state index is 5.76. The fourth-order valence-electron chi connectivity index (χ4n) is 0.848. The van der Waals surface area contributed by atoms with Crippen LogP contribution in [0.3, 0.4) is 0 Å². The highest BCUT2D eigenvalue weighted by atomic mass is 79.9. The van der Waals surface area contributed by atoms with Crippen molar-refractivity contribution in [2.45, 2.75) is 25.8 Å². The molecule has 0 aliphatic carbocycles. The Balaban J connectivity index is 2.56. The molecule has 0 bridgehead atoms. The Morgan fingerprint density at radius 2 is 2.55 bits per heavy atom. The molecule has 0 saturated heterocycles. The lowest BCUT2D eigenvalue weighted by molar-refractivity contribution is 0.634. The van der Waals surface area contributed by atoms with Crippen LogP contribution in [-0.2, 0) is 6.42 Å². The van der Waals surface area contributed by atoms with Crippen LogP contribution in [0.25, 0.3) is 0 Å². The molecule has 1 unspecified atom stereocenters. The van der Waals surface area contributed by atoms with Gasteiger partial charge in [-0.05, 0) is 22.4 Å². The number of rotatable bonds is 3. The first kappa shape index (κ1) is 8.74. The van der Waals surface area contributed by atoms with Crippen LogP contribution in [0, 0.1) is 0 Å². The molecule has 1 aromatic heterocycles. The van der Waals surface area contributed by atoms with Crippen molar-refractivity contribution >= 4 is 15.9 Å². The number of H-pyrrole nitrogens is 1. The lowest BCUT2D eigenvalue weighted by Crippen LogP contribution is -2.21. The minimum absolute atomic E-state index is 0.228. The van der Waals surface area contributed by atoms with Gasteiger partial charge in [-0.1, -0.05) is 6.92 Å². The zero-order valence-electron chi connectivity index (χ0n) is 6.47. The summed E-state index contributed by atoms with van der Waals surface area (Å²) in [6, 6.07) is 0.228. The Labute approximate surface area is 74.5 Å². The van der Waals surface area contributed by atoms with Gasteiger partial charge in [-0.3, -0.25) is 5.10 Å². The highest BCUT2D eigenvalue weighted by Gasteiger charge is 2.05. The first-order chi connectivity index (χ1) is 5.24. The smallest absolute Gasteiger partial charge is 0.0632 e. The summed E-state index contributed by atoms with van der Waals surface area (Å²) in [6.07, 6.45) is 3.60. The summed E-state index contributed by atoms with van der Waals surface area (Å²) in [5, 5.41) is 6.78. The summed E-state index contributed by atoms with van der Waals surface area (Å²) >= 11 is 3.37. The van der Waals surface area contributed by atoms with Crippen molar-refractivity contribution in [3.63, 3.8) is 0 Å². The minimum atomic E-state index is 0.228. The van der Waals surface area contributed by atoms with Crippen LogP contribution in [0.2, 0.25) is 0 Å². The predicted molar refractivity (Wildman–Crippen MR) is 48.3 cm³/mol. The van der Waals surface area contributed by atoms with Crippen LogP contribution in [-0.4, -0.2) is 16.2 Å². The predicted octanol–water partition coefficient (Wildman–Crippen LogP) is 1.45. The van der Waals surface area contributed by atoms with E-state index >= 15 is 0 Å². The lowest BCUT2D eigenvalue weighted by Gasteiger charge is -2.05. The average Bonchev–Trinajstić information content (AvgIpc) is 2.37. The molecule has 1 aromatic rings. The molecule has 0 radical (unpaired) electrons. The van der Waals surface area contributed by atoms with Gasteiger partial charge in [-0.15, -0.1) is 0 Å². The third-order valence-electron chi connectivity index (χ3n) is 1.66. The summed E-state index contributed by atoms with van der Waals surface area (Å²) in [6.45, 7) is 2.08. The van der Waals surface area contributed by atoms with E-state index in [1.165, 1.54) is 0 Å². The lowest BCUT2D eigenvalue weighted by atomic mass is 10.1. The van der Waals surface area contributed by atoms with Crippen molar-refractivity contribution in [2.75, 3.05) is 0 Å². The van der Waals surface area contributed by atoms with E-state index in [4.69, 9.17) is 5.73 Å². The molecule has 11 heavy (non-hydrogen) atoms. The van der Waals surface area contributed by atoms with Gasteiger partial charge < -0.3 is 5.73 Å². The SMILES string of the molecule is CCC(N)Cc1[nH]ncc1Br. The van der Waals surface area contributed by atoms with E-state index in [1.807, 2.05) is 0 Å². The topological polar surface area (TPSA) is 54.7 Å². The van der Waals surface area contributed by atoms with E-state index in [-0.39, 0.29) is 6.04 Å². The number of aromatic amines is 1. The van der Waals surface area contributed by atoms with Gasteiger partial charge in [0.05, 0.1) is 16.4 Å². The molecule has 3 N–H and O–H groups in total. The maximum Gasteiger partial charge on any atom is 0.0632 e. The number of hydrogen-bond acceptors (Lipinski definition) is 2. The van der Waals surface area contributed by atoms with Gasteiger partial charge in [-0.2, -0.15) is 5.10 Å². The van der Waals surface area contributed by atoms with Crippen LogP contribution in [0.15, 0.2) is 10.7 Å². The van der Waals surface area contributed by atoms with E-state index in [9.17, 15) is 0 Å². The quantitative estimate of drug-likeness (QED) is 0.806. The van der Waals surface area contributed by atoms with Crippen molar-refractivity contribution in [3.05, 3.63) is 16.4 Å². The number of aromatic nitrogens is 2. The second kappa shape index (κ2) is 3.88. The normalized spacial score (nSPS) is 13.4. The number of nitrogens with zero attached hydrogens (tertiary/aromatic N) is 1. The Morgan fingerprint density at radius 1 is 1.82 bits per heavy atom. The summed E-state index contributed by atoms with van der Waals surface area (Å²) in [5.74, 6) is 0. The van der Waals surface area contributed by atoms with Gasteiger partial charge in [0.15, 0.2) is 0 Å². The van der Waals surface area contributed by atoms with Crippen molar-refractivity contribution in [3.8, 4) is 0 Å². The molecule has 3 nitrogen and oxygen atoms in total. The van der Waals surface area contributed by atoms with Gasteiger partial charge in [0.25, 0.3) is 0 Å². The molecule has 0 amide bonds. The molecule has 1 atom stereocenters. The zero-order valence-corrected chi connectivity index (χ0v) is 8.06. The van der Waals surface area contributed by atoms with Crippen molar-refractivity contribution in [1.29, 1.82) is 0 Å². The largest absolute Gasteiger partial charge is 0.327 e. The first-order valence-corrected chi connectivity index (χ1v) is 4.46. The number of nitrogens with one attached hydrogen (secondary N) is 1. The summed E-state index contributed by atoms with van der Waals surface area (Å²) in [7, 11) is 0. The highest BCUT2D eigenvalue weighted by molar-refractivity contribution is 9.10. The van der Waals surface area contributed by atoms with Crippen molar-refractivity contribution in [1.82, 2.24) is 10.2 Å². The van der Waals surface area contributed by atoms with Crippen molar-refractivity contribution < 1.29 is 0 Å². The monoisotopic (exact) mass is 217 g/mol. The molecular formula is C7H12BrN3. The van der Waals surface area contributed by atoms with Crippen LogP contribution >= 0.6 is 15.9 Å². The molecule has 0 spiro atoms. The van der Waals surface area contributed by atoms with Gasteiger partial charge in [0.2, 0.25) is 0 Å². The van der Waals surface area contributed by atoms with E-state index in [0.717, 1.165) is 23.0 Å². The molecule has 1 heterocycles. The summed E-state index contributed by atoms with van der Waals surface area (Å²) in [4.78, 5) is 0. The van der Waals surface area contributed by atoms with Crippen LogP contribution in [0.5, 0.6) is 0 Å². The number of hydrogen-bond donors (Lipinski definition) is 2. The third kappa shape index (κ3) is 2.31. The molecule has 0 aliphatic heterocycles. The van der Waals surface area contributed by atoms with Gasteiger partial charge in [-0.25, -0.2) is 0 Å². The van der Waals surface area contributed by atoms with Crippen LogP contribution in [0.1, 0.15) is 19.0 Å². The van der Waals surface area contributed by atoms with Gasteiger partial charge in [0, 0.05) is 12.5 Å². The van der Waals surface area contributed by atoms with Crippen LogP contribution < -0.4 is 5.73 Å². The Kier molecular flexibility index (Phi) is 3.08. The first-order valence-electron chi connectivity index (χ1n) is 3.67. The number of nitrogens with two attached hydrogens (primary N) is 1. The molecule has 0 saturated carbocycles. The highest BCUT2D eigenvalue weighted by Crippen LogP contribution is 2.14. The third-order valence-corrected chi connectivity index (χ3v) is 2.34. The maximum absolute atomic E-state index is 5.76. The number of halogens is 1. The summed E-state index contributed by atoms with van der Waals surface area (Å²) < 4.78 is 1.02. The second-order valence-electron chi connectivity index (χ2n) is 2.57. The Morgan fingerprint density at radius 3 is 3.00 bits per heavy atom. The van der Waals surface area contributed by atoms with E-state index < -0.39 is 0 Å². The van der Waals surface area contributed by atoms with Gasteiger partial charge >= 0.3 is 0 Å². The zero-order chi connectivity index (χ0) is 8.27. The summed E-state index contributed by atoms with van der Waals surface area (Å²) in [5.41, 5.74) is 6.85. The molecule has 0 fully saturated rings. The van der Waals surface area contributed by atoms with E-state index in [2.05, 4.69) is 33.1 Å². The molecule has 1 rings (SSSR count).